The van der Waals surface area contributed by atoms with E-state index in [0.29, 0.717) is 12.1 Å². The number of halogens is 1. The molecule has 2 amide bonds. The van der Waals surface area contributed by atoms with Gasteiger partial charge in [-0.3, -0.25) is 9.59 Å². The molecule has 1 aromatic rings. The number of aryl methyl sites for hydroxylation is 1. The third-order valence-corrected chi connectivity index (χ3v) is 6.66. The van der Waals surface area contributed by atoms with Crippen molar-refractivity contribution in [3.63, 3.8) is 0 Å². The Balaban J connectivity index is 1.77. The lowest BCUT2D eigenvalue weighted by atomic mass is 10.1. The van der Waals surface area contributed by atoms with E-state index in [1.807, 2.05) is 19.1 Å². The Hall–Kier alpha value is -1.74. The molecule has 0 aromatic heterocycles. The van der Waals surface area contributed by atoms with Crippen molar-refractivity contribution in [3.05, 3.63) is 28.2 Å². The highest BCUT2D eigenvalue weighted by Gasteiger charge is 2.37. The minimum atomic E-state index is -3.13. The molecule has 1 fully saturated rings. The number of rotatable bonds is 3. The summed E-state index contributed by atoms with van der Waals surface area (Å²) in [5.74, 6) is -0.673. The Labute approximate surface area is 154 Å². The Kier molecular flexibility index (Phi) is 4.97. The Morgan fingerprint density at radius 2 is 2.12 bits per heavy atom. The van der Waals surface area contributed by atoms with Crippen LogP contribution in [-0.4, -0.2) is 48.5 Å². The zero-order valence-electron chi connectivity index (χ0n) is 13.7. The molecule has 1 saturated heterocycles. The molecule has 0 aliphatic carbocycles. The molecular formula is C16H18BrN3O4S. The summed E-state index contributed by atoms with van der Waals surface area (Å²) >= 11 is 3.40. The molecule has 25 heavy (non-hydrogen) atoms. The van der Waals surface area contributed by atoms with Crippen molar-refractivity contribution >= 4 is 49.0 Å². The molecule has 2 aliphatic heterocycles. The fourth-order valence-electron chi connectivity index (χ4n) is 2.90. The summed E-state index contributed by atoms with van der Waals surface area (Å²) in [6.07, 6.45) is 0.748. The summed E-state index contributed by atoms with van der Waals surface area (Å²) in [5, 5.41) is 8.13. The predicted molar refractivity (Wildman–Crippen MR) is 98.1 cm³/mol. The molecule has 9 heteroatoms. The fraction of sp³-hybridized carbons (Fsp3) is 0.438. The van der Waals surface area contributed by atoms with Gasteiger partial charge in [0.25, 0.3) is 5.91 Å². The third-order valence-electron chi connectivity index (χ3n) is 4.25. The Morgan fingerprint density at radius 3 is 2.76 bits per heavy atom. The second-order valence-electron chi connectivity index (χ2n) is 6.28. The Bertz CT molecular complexity index is 866. The normalized spacial score (nSPS) is 22.6. The lowest BCUT2D eigenvalue weighted by Crippen LogP contribution is -2.42. The summed E-state index contributed by atoms with van der Waals surface area (Å²) in [7, 11) is -3.13. The zero-order valence-corrected chi connectivity index (χ0v) is 16.1. The van der Waals surface area contributed by atoms with Crippen molar-refractivity contribution < 1.29 is 18.0 Å². The van der Waals surface area contributed by atoms with Crippen molar-refractivity contribution in [3.8, 4) is 0 Å². The number of amides is 2. The molecule has 2 aliphatic rings. The maximum atomic E-state index is 12.5. The van der Waals surface area contributed by atoms with Gasteiger partial charge in [-0.05, 0) is 47.0 Å². The maximum absolute atomic E-state index is 12.5. The van der Waals surface area contributed by atoms with Gasteiger partial charge in [-0.1, -0.05) is 6.07 Å². The second-order valence-corrected chi connectivity index (χ2v) is 9.36. The largest absolute Gasteiger partial charge is 0.320 e. The molecule has 0 spiro atoms. The summed E-state index contributed by atoms with van der Waals surface area (Å²) in [6.45, 7) is 1.95. The van der Waals surface area contributed by atoms with Crippen LogP contribution in [0.5, 0.6) is 0 Å². The quantitative estimate of drug-likeness (QED) is 0.795. The van der Waals surface area contributed by atoms with Crippen molar-refractivity contribution in [1.29, 1.82) is 0 Å². The molecule has 1 atom stereocenters. The van der Waals surface area contributed by atoms with Gasteiger partial charge in [0.05, 0.1) is 23.2 Å². The number of hydrogen-bond acceptors (Lipinski definition) is 5. The van der Waals surface area contributed by atoms with Crippen LogP contribution in [0.2, 0.25) is 0 Å². The molecule has 3 rings (SSSR count). The van der Waals surface area contributed by atoms with Crippen LogP contribution < -0.4 is 5.32 Å². The zero-order chi connectivity index (χ0) is 18.2. The lowest BCUT2D eigenvalue weighted by Gasteiger charge is -2.27. The summed E-state index contributed by atoms with van der Waals surface area (Å²) in [6, 6.07) is 5.07. The minimum Gasteiger partial charge on any atom is -0.320 e. The van der Waals surface area contributed by atoms with Crippen LogP contribution in [0.3, 0.4) is 0 Å². The van der Waals surface area contributed by atoms with Crippen LogP contribution in [0.25, 0.3) is 0 Å². The second kappa shape index (κ2) is 6.87. The van der Waals surface area contributed by atoms with Crippen LogP contribution in [0.4, 0.5) is 5.69 Å². The highest BCUT2D eigenvalue weighted by Crippen LogP contribution is 2.25. The first-order chi connectivity index (χ1) is 11.7. The van der Waals surface area contributed by atoms with Crippen LogP contribution >= 0.6 is 15.9 Å². The maximum Gasteiger partial charge on any atom is 0.271 e. The average molecular weight is 428 g/mol. The molecule has 0 unspecified atom stereocenters. The smallest absolute Gasteiger partial charge is 0.271 e. The molecule has 0 radical (unpaired) electrons. The van der Waals surface area contributed by atoms with E-state index in [0.717, 1.165) is 10.0 Å². The van der Waals surface area contributed by atoms with Gasteiger partial charge in [-0.25, -0.2) is 13.4 Å². The predicted octanol–water partition coefficient (Wildman–Crippen LogP) is 1.86. The number of hydrogen-bond donors (Lipinski definition) is 1. The van der Waals surface area contributed by atoms with Gasteiger partial charge in [0.1, 0.15) is 5.71 Å². The number of nitrogens with one attached hydrogen (secondary N) is 1. The summed E-state index contributed by atoms with van der Waals surface area (Å²) < 4.78 is 24.0. The number of nitrogens with zero attached hydrogens (tertiary/aromatic N) is 2. The van der Waals surface area contributed by atoms with Gasteiger partial charge in [0.15, 0.2) is 9.84 Å². The van der Waals surface area contributed by atoms with E-state index in [2.05, 4.69) is 26.3 Å². The molecule has 134 valence electrons. The molecule has 7 nitrogen and oxygen atoms in total. The van der Waals surface area contributed by atoms with E-state index in [1.54, 1.807) is 6.07 Å². The van der Waals surface area contributed by atoms with Crippen LogP contribution in [0.15, 0.2) is 27.8 Å². The molecule has 2 heterocycles. The number of benzene rings is 1. The van der Waals surface area contributed by atoms with E-state index in [4.69, 9.17) is 0 Å². The molecule has 1 aromatic carbocycles. The van der Waals surface area contributed by atoms with E-state index in [1.165, 1.54) is 5.01 Å². The van der Waals surface area contributed by atoms with E-state index < -0.39 is 15.9 Å². The standard InChI is InChI=1S/C16H18BrN3O4S/c1-10-2-3-13(12(17)8-10)18-16(22)14-4-5-15(21)20(19-14)11-6-7-25(23,24)9-11/h2-3,8,11H,4-7,9H2,1H3,(H,18,22)/t11-/m0/s1. The van der Waals surface area contributed by atoms with E-state index in [-0.39, 0.29) is 41.9 Å². The van der Waals surface area contributed by atoms with Crippen molar-refractivity contribution in [2.75, 3.05) is 16.8 Å². The molecule has 1 N–H and O–H groups in total. The first kappa shape index (κ1) is 18.1. The first-order valence-corrected chi connectivity index (χ1v) is 10.5. The van der Waals surface area contributed by atoms with E-state index >= 15 is 0 Å². The number of anilines is 1. The number of carbonyl (C=O) groups excluding carboxylic acids is 2. The number of carbonyl (C=O) groups is 2. The van der Waals surface area contributed by atoms with Gasteiger partial charge >= 0.3 is 0 Å². The van der Waals surface area contributed by atoms with Gasteiger partial charge in [-0.2, -0.15) is 5.10 Å². The van der Waals surface area contributed by atoms with Crippen LogP contribution in [0.1, 0.15) is 24.8 Å². The van der Waals surface area contributed by atoms with E-state index in [9.17, 15) is 18.0 Å². The fourth-order valence-corrected chi connectivity index (χ4v) is 5.19. The Morgan fingerprint density at radius 1 is 1.36 bits per heavy atom. The first-order valence-electron chi connectivity index (χ1n) is 7.92. The average Bonchev–Trinajstić information content (AvgIpc) is 2.90. The molecular weight excluding hydrogens is 410 g/mol. The monoisotopic (exact) mass is 427 g/mol. The number of sulfone groups is 1. The summed E-state index contributed by atoms with van der Waals surface area (Å²) in [4.78, 5) is 24.6. The van der Waals surface area contributed by atoms with Gasteiger partial charge in [0, 0.05) is 17.3 Å². The van der Waals surface area contributed by atoms with Crippen LogP contribution in [0, 0.1) is 6.92 Å². The van der Waals surface area contributed by atoms with Gasteiger partial charge in [0.2, 0.25) is 5.91 Å². The highest BCUT2D eigenvalue weighted by atomic mass is 79.9. The highest BCUT2D eigenvalue weighted by molar-refractivity contribution is 9.10. The molecule has 0 saturated carbocycles. The van der Waals surface area contributed by atoms with Crippen molar-refractivity contribution in [1.82, 2.24) is 5.01 Å². The molecule has 0 bridgehead atoms. The minimum absolute atomic E-state index is 0.0504. The van der Waals surface area contributed by atoms with Gasteiger partial charge < -0.3 is 5.32 Å². The third kappa shape index (κ3) is 4.09. The lowest BCUT2D eigenvalue weighted by molar-refractivity contribution is -0.133. The number of hydrazone groups is 1. The van der Waals surface area contributed by atoms with Gasteiger partial charge in [-0.15, -0.1) is 0 Å². The topological polar surface area (TPSA) is 95.9 Å². The SMILES string of the molecule is Cc1ccc(NC(=O)C2=NN([C@H]3CCS(=O)(=O)C3)C(=O)CC2)c(Br)c1. The van der Waals surface area contributed by atoms with Crippen molar-refractivity contribution in [2.45, 2.75) is 32.2 Å². The summed E-state index contributed by atoms with van der Waals surface area (Å²) in [5.41, 5.74) is 1.90. The van der Waals surface area contributed by atoms with Crippen molar-refractivity contribution in [2.24, 2.45) is 5.10 Å². The van der Waals surface area contributed by atoms with Crippen LogP contribution in [-0.2, 0) is 19.4 Å².